The monoisotopic (exact) mass is 447 g/mol. The third kappa shape index (κ3) is 5.20. The van der Waals surface area contributed by atoms with Gasteiger partial charge in [0.25, 0.3) is 0 Å². The number of piperidine rings is 1. The molecule has 2 aliphatic heterocycles. The Morgan fingerprint density at radius 1 is 1.16 bits per heavy atom. The van der Waals surface area contributed by atoms with Gasteiger partial charge in [0.1, 0.15) is 17.7 Å². The van der Waals surface area contributed by atoms with E-state index in [2.05, 4.69) is 10.1 Å². The van der Waals surface area contributed by atoms with Crippen LogP contribution in [0.2, 0.25) is 0 Å². The van der Waals surface area contributed by atoms with Crippen LogP contribution >= 0.6 is 0 Å². The standard InChI is InChI=1S/C21H25N3O6S/c1-31(27,28)24-6-4-15(5-7-24)13-30-21-14-29-19(9-20(21)25)12-23-10-16-2-3-18(22-26)8-17(16)11-23/h2-3,8-9,14-15H,4-7,10-13H2,1H3. The number of hydrogen-bond donors (Lipinski definition) is 0. The molecule has 0 aliphatic carbocycles. The van der Waals surface area contributed by atoms with Gasteiger partial charge in [-0.25, -0.2) is 12.7 Å². The van der Waals surface area contributed by atoms with E-state index in [1.54, 1.807) is 12.1 Å². The molecule has 0 unspecified atom stereocenters. The average Bonchev–Trinajstić information content (AvgIpc) is 3.14. The molecule has 0 radical (unpaired) electrons. The van der Waals surface area contributed by atoms with Crippen LogP contribution < -0.4 is 10.2 Å². The lowest BCUT2D eigenvalue weighted by molar-refractivity contribution is 0.180. The lowest BCUT2D eigenvalue weighted by Crippen LogP contribution is -2.39. The fourth-order valence-corrected chi connectivity index (χ4v) is 4.96. The maximum absolute atomic E-state index is 12.4. The van der Waals surface area contributed by atoms with E-state index in [9.17, 15) is 18.1 Å². The van der Waals surface area contributed by atoms with Gasteiger partial charge in [-0.1, -0.05) is 6.07 Å². The lowest BCUT2D eigenvalue weighted by atomic mass is 9.99. The van der Waals surface area contributed by atoms with Gasteiger partial charge >= 0.3 is 0 Å². The largest absolute Gasteiger partial charge is 0.486 e. The van der Waals surface area contributed by atoms with Gasteiger partial charge < -0.3 is 9.15 Å². The van der Waals surface area contributed by atoms with Gasteiger partial charge in [-0.3, -0.25) is 9.69 Å². The maximum atomic E-state index is 12.4. The number of hydrogen-bond acceptors (Lipinski definition) is 8. The fraction of sp³-hybridized carbons (Fsp3) is 0.476. The van der Waals surface area contributed by atoms with Crippen molar-refractivity contribution in [3.05, 3.63) is 62.5 Å². The summed E-state index contributed by atoms with van der Waals surface area (Å²) in [6.07, 6.45) is 3.97. The second-order valence-electron chi connectivity index (χ2n) is 8.18. The summed E-state index contributed by atoms with van der Waals surface area (Å²) in [4.78, 5) is 25.3. The quantitative estimate of drug-likeness (QED) is 0.600. The minimum Gasteiger partial charge on any atom is -0.486 e. The van der Waals surface area contributed by atoms with Gasteiger partial charge in [0.05, 0.1) is 19.4 Å². The third-order valence-corrected chi connectivity index (χ3v) is 7.14. The zero-order valence-corrected chi connectivity index (χ0v) is 18.1. The molecule has 0 atom stereocenters. The first kappa shape index (κ1) is 21.7. The van der Waals surface area contributed by atoms with Crippen molar-refractivity contribution in [1.82, 2.24) is 9.21 Å². The van der Waals surface area contributed by atoms with Crippen LogP contribution in [0.1, 0.15) is 29.7 Å². The van der Waals surface area contributed by atoms with E-state index in [0.717, 1.165) is 11.1 Å². The molecule has 1 fully saturated rings. The van der Waals surface area contributed by atoms with Crippen LogP contribution in [0, 0.1) is 10.8 Å². The highest BCUT2D eigenvalue weighted by Gasteiger charge is 2.25. The second kappa shape index (κ2) is 8.89. The van der Waals surface area contributed by atoms with E-state index < -0.39 is 10.0 Å². The van der Waals surface area contributed by atoms with E-state index in [4.69, 9.17) is 9.15 Å². The number of benzene rings is 1. The summed E-state index contributed by atoms with van der Waals surface area (Å²) in [5.41, 5.74) is 2.37. The van der Waals surface area contributed by atoms with Gasteiger partial charge in [0.2, 0.25) is 21.2 Å². The van der Waals surface area contributed by atoms with Crippen LogP contribution in [0.4, 0.5) is 5.69 Å². The Hall–Kier alpha value is -2.56. The van der Waals surface area contributed by atoms with Crippen molar-refractivity contribution in [3.8, 4) is 5.75 Å². The molecule has 31 heavy (non-hydrogen) atoms. The molecule has 4 rings (SSSR count). The van der Waals surface area contributed by atoms with Gasteiger partial charge in [-0.05, 0) is 47.2 Å². The Morgan fingerprint density at radius 2 is 1.90 bits per heavy atom. The van der Waals surface area contributed by atoms with Gasteiger partial charge in [-0.15, -0.1) is 4.91 Å². The molecular weight excluding hydrogens is 422 g/mol. The smallest absolute Gasteiger partial charge is 0.227 e. The normalized spacial score (nSPS) is 18.1. The molecule has 1 aromatic heterocycles. The van der Waals surface area contributed by atoms with Crippen molar-refractivity contribution in [3.63, 3.8) is 0 Å². The lowest BCUT2D eigenvalue weighted by Gasteiger charge is -2.29. The Morgan fingerprint density at radius 3 is 2.58 bits per heavy atom. The van der Waals surface area contributed by atoms with Crippen LogP contribution in [0.15, 0.2) is 44.9 Å². The Kier molecular flexibility index (Phi) is 6.22. The summed E-state index contributed by atoms with van der Waals surface area (Å²) in [7, 11) is -3.15. The molecule has 0 amide bonds. The molecule has 2 aromatic rings. The molecule has 0 saturated carbocycles. The first-order valence-corrected chi connectivity index (χ1v) is 12.0. The maximum Gasteiger partial charge on any atom is 0.227 e. The number of sulfonamides is 1. The predicted octanol–water partition coefficient (Wildman–Crippen LogP) is 2.60. The molecule has 166 valence electrons. The molecule has 1 saturated heterocycles. The molecule has 2 aliphatic rings. The zero-order chi connectivity index (χ0) is 22.0. The SMILES string of the molecule is CS(=O)(=O)N1CCC(COc2coc(CN3Cc4ccc(N=O)cc4C3)cc2=O)CC1. The molecule has 1 aromatic carbocycles. The summed E-state index contributed by atoms with van der Waals surface area (Å²) >= 11 is 0. The minimum absolute atomic E-state index is 0.167. The van der Waals surface area contributed by atoms with E-state index in [1.165, 1.54) is 22.9 Å². The first-order valence-electron chi connectivity index (χ1n) is 10.2. The summed E-state index contributed by atoms with van der Waals surface area (Å²) in [6, 6.07) is 6.84. The summed E-state index contributed by atoms with van der Waals surface area (Å²) in [6.45, 7) is 3.15. The molecule has 10 heteroatoms. The van der Waals surface area contributed by atoms with Crippen LogP contribution in [0.5, 0.6) is 5.75 Å². The molecular formula is C21H25N3O6S. The molecule has 3 heterocycles. The van der Waals surface area contributed by atoms with Crippen molar-refractivity contribution >= 4 is 15.7 Å². The summed E-state index contributed by atoms with van der Waals surface area (Å²) < 4.78 is 35.9. The highest BCUT2D eigenvalue weighted by molar-refractivity contribution is 7.88. The zero-order valence-electron chi connectivity index (χ0n) is 17.3. The molecule has 0 bridgehead atoms. The average molecular weight is 448 g/mol. The Balaban J connectivity index is 1.30. The number of nitroso groups, excluding NO2 is 1. The van der Waals surface area contributed by atoms with Gasteiger partial charge in [0, 0.05) is 32.2 Å². The van der Waals surface area contributed by atoms with E-state index in [1.807, 2.05) is 6.07 Å². The van der Waals surface area contributed by atoms with Gasteiger partial charge in [0.15, 0.2) is 0 Å². The number of nitrogens with zero attached hydrogens (tertiary/aromatic N) is 3. The van der Waals surface area contributed by atoms with Crippen LogP contribution in [-0.4, -0.2) is 43.6 Å². The summed E-state index contributed by atoms with van der Waals surface area (Å²) in [5, 5.41) is 2.97. The molecule has 0 spiro atoms. The Labute approximate surface area is 180 Å². The van der Waals surface area contributed by atoms with Crippen molar-refractivity contribution in [2.24, 2.45) is 11.1 Å². The van der Waals surface area contributed by atoms with Gasteiger partial charge in [-0.2, -0.15) is 0 Å². The number of rotatable bonds is 7. The minimum atomic E-state index is -3.15. The van der Waals surface area contributed by atoms with Crippen molar-refractivity contribution < 1.29 is 17.6 Å². The van der Waals surface area contributed by atoms with E-state index >= 15 is 0 Å². The fourth-order valence-electron chi connectivity index (χ4n) is 4.08. The topological polar surface area (TPSA) is 109 Å². The Bertz CT molecular complexity index is 1120. The van der Waals surface area contributed by atoms with Crippen molar-refractivity contribution in [2.75, 3.05) is 26.0 Å². The van der Waals surface area contributed by atoms with E-state index in [0.29, 0.717) is 63.6 Å². The summed E-state index contributed by atoms with van der Waals surface area (Å²) in [5.74, 6) is 0.909. The van der Waals surface area contributed by atoms with Crippen LogP contribution in [-0.2, 0) is 29.7 Å². The van der Waals surface area contributed by atoms with Crippen LogP contribution in [0.25, 0.3) is 0 Å². The highest BCUT2D eigenvalue weighted by atomic mass is 32.2. The predicted molar refractivity (Wildman–Crippen MR) is 114 cm³/mol. The van der Waals surface area contributed by atoms with Crippen molar-refractivity contribution in [2.45, 2.75) is 32.5 Å². The van der Waals surface area contributed by atoms with E-state index in [-0.39, 0.29) is 17.1 Å². The van der Waals surface area contributed by atoms with Crippen molar-refractivity contribution in [1.29, 1.82) is 0 Å². The highest BCUT2D eigenvalue weighted by Crippen LogP contribution is 2.28. The molecule has 0 N–H and O–H groups in total. The number of ether oxygens (including phenoxy) is 1. The first-order chi connectivity index (χ1) is 14.8. The molecule has 9 nitrogen and oxygen atoms in total. The van der Waals surface area contributed by atoms with Crippen LogP contribution in [0.3, 0.4) is 0 Å². The third-order valence-electron chi connectivity index (χ3n) is 5.83. The second-order valence-corrected chi connectivity index (χ2v) is 10.2. The number of fused-ring (bicyclic) bond motifs is 1.